The van der Waals surface area contributed by atoms with Crippen molar-refractivity contribution in [3.05, 3.63) is 23.3 Å². The number of ether oxygens (including phenoxy) is 2. The van der Waals surface area contributed by atoms with Crippen LogP contribution in [0.4, 0.5) is 0 Å². The largest absolute Gasteiger partial charge is 0.486 e. The second-order valence-corrected chi connectivity index (χ2v) is 5.42. The van der Waals surface area contributed by atoms with E-state index in [9.17, 15) is 0 Å². The maximum Gasteiger partial charge on any atom is 0.164 e. The van der Waals surface area contributed by atoms with E-state index in [-0.39, 0.29) is 0 Å². The number of benzene rings is 1. The van der Waals surface area contributed by atoms with Crippen LogP contribution in [0.1, 0.15) is 18.1 Å². The van der Waals surface area contributed by atoms with Crippen LogP contribution in [0.15, 0.2) is 12.1 Å². The van der Waals surface area contributed by atoms with Crippen LogP contribution in [0.25, 0.3) is 0 Å². The molecule has 3 rings (SSSR count). The molecule has 1 N–H and O–H groups in total. The molecule has 4 heteroatoms. The van der Waals surface area contributed by atoms with Gasteiger partial charge in [-0.2, -0.15) is 0 Å². The molecule has 2 aliphatic heterocycles. The average molecular weight is 276 g/mol. The molecule has 0 atom stereocenters. The van der Waals surface area contributed by atoms with Crippen molar-refractivity contribution in [2.75, 3.05) is 45.9 Å². The lowest BCUT2D eigenvalue weighted by molar-refractivity contribution is 0.169. The van der Waals surface area contributed by atoms with Crippen molar-refractivity contribution >= 4 is 0 Å². The van der Waals surface area contributed by atoms with Crippen LogP contribution in [0.5, 0.6) is 11.5 Å². The van der Waals surface area contributed by atoms with Gasteiger partial charge in [-0.05, 0) is 24.5 Å². The lowest BCUT2D eigenvalue weighted by Crippen LogP contribution is -2.44. The fourth-order valence-electron chi connectivity index (χ4n) is 3.05. The number of nitrogens with one attached hydrogen (secondary N) is 1. The van der Waals surface area contributed by atoms with Gasteiger partial charge in [0.1, 0.15) is 13.2 Å². The monoisotopic (exact) mass is 276 g/mol. The van der Waals surface area contributed by atoms with Crippen LogP contribution in [0.3, 0.4) is 0 Å². The zero-order valence-corrected chi connectivity index (χ0v) is 12.3. The summed E-state index contributed by atoms with van der Waals surface area (Å²) in [7, 11) is 0. The van der Waals surface area contributed by atoms with Gasteiger partial charge in [0.15, 0.2) is 11.5 Å². The number of piperazine rings is 1. The Morgan fingerprint density at radius 3 is 2.75 bits per heavy atom. The quantitative estimate of drug-likeness (QED) is 0.903. The van der Waals surface area contributed by atoms with E-state index in [0.717, 1.165) is 57.1 Å². The summed E-state index contributed by atoms with van der Waals surface area (Å²) in [5.74, 6) is 1.90. The summed E-state index contributed by atoms with van der Waals surface area (Å²) < 4.78 is 11.5. The number of hydrogen-bond donors (Lipinski definition) is 1. The fraction of sp³-hybridized carbons (Fsp3) is 0.625. The first-order valence-electron chi connectivity index (χ1n) is 7.72. The minimum atomic E-state index is 0.663. The van der Waals surface area contributed by atoms with E-state index < -0.39 is 0 Å². The Kier molecular flexibility index (Phi) is 4.43. The van der Waals surface area contributed by atoms with Crippen LogP contribution in [-0.2, 0) is 12.8 Å². The summed E-state index contributed by atoms with van der Waals surface area (Å²) in [5.41, 5.74) is 2.74. The van der Waals surface area contributed by atoms with Crippen molar-refractivity contribution in [1.82, 2.24) is 10.2 Å². The molecule has 1 fully saturated rings. The molecule has 1 aromatic carbocycles. The van der Waals surface area contributed by atoms with Gasteiger partial charge in [-0.15, -0.1) is 0 Å². The Morgan fingerprint density at radius 2 is 1.95 bits per heavy atom. The molecule has 2 aliphatic rings. The van der Waals surface area contributed by atoms with Gasteiger partial charge in [0, 0.05) is 38.3 Å². The molecule has 4 nitrogen and oxygen atoms in total. The summed E-state index contributed by atoms with van der Waals surface area (Å²) in [6.07, 6.45) is 2.10. The van der Waals surface area contributed by atoms with Gasteiger partial charge in [0.2, 0.25) is 0 Å². The van der Waals surface area contributed by atoms with Gasteiger partial charge in [-0.25, -0.2) is 0 Å². The maximum atomic E-state index is 5.83. The number of rotatable bonds is 4. The summed E-state index contributed by atoms with van der Waals surface area (Å²) in [6.45, 7) is 9.20. The predicted molar refractivity (Wildman–Crippen MR) is 79.8 cm³/mol. The Morgan fingerprint density at radius 1 is 1.15 bits per heavy atom. The van der Waals surface area contributed by atoms with Crippen molar-refractivity contribution in [2.45, 2.75) is 19.8 Å². The van der Waals surface area contributed by atoms with Crippen LogP contribution in [0, 0.1) is 0 Å². The molecule has 0 amide bonds. The average Bonchev–Trinajstić information content (AvgIpc) is 2.53. The van der Waals surface area contributed by atoms with Crippen molar-refractivity contribution < 1.29 is 9.47 Å². The third-order valence-electron chi connectivity index (χ3n) is 4.17. The highest BCUT2D eigenvalue weighted by atomic mass is 16.6. The maximum absolute atomic E-state index is 5.83. The zero-order valence-electron chi connectivity index (χ0n) is 12.3. The minimum absolute atomic E-state index is 0.663. The first-order valence-corrected chi connectivity index (χ1v) is 7.72. The van der Waals surface area contributed by atoms with Crippen molar-refractivity contribution in [2.24, 2.45) is 0 Å². The third kappa shape index (κ3) is 2.91. The van der Waals surface area contributed by atoms with Crippen LogP contribution < -0.4 is 14.8 Å². The molecule has 2 heterocycles. The van der Waals surface area contributed by atoms with Gasteiger partial charge >= 0.3 is 0 Å². The molecule has 1 aromatic rings. The summed E-state index contributed by atoms with van der Waals surface area (Å²) in [5, 5.41) is 3.40. The smallest absolute Gasteiger partial charge is 0.164 e. The van der Waals surface area contributed by atoms with E-state index in [1.807, 2.05) is 0 Å². The lowest BCUT2D eigenvalue weighted by Gasteiger charge is -2.28. The summed E-state index contributed by atoms with van der Waals surface area (Å²) in [4.78, 5) is 2.53. The number of nitrogens with zero attached hydrogens (tertiary/aromatic N) is 1. The van der Waals surface area contributed by atoms with E-state index in [0.29, 0.717) is 13.2 Å². The number of fused-ring (bicyclic) bond motifs is 1. The molecule has 110 valence electrons. The fourth-order valence-corrected chi connectivity index (χ4v) is 3.05. The van der Waals surface area contributed by atoms with E-state index in [1.54, 1.807) is 0 Å². The van der Waals surface area contributed by atoms with Crippen molar-refractivity contribution in [3.63, 3.8) is 0 Å². The van der Waals surface area contributed by atoms with E-state index >= 15 is 0 Å². The van der Waals surface area contributed by atoms with Crippen LogP contribution >= 0.6 is 0 Å². The molecule has 20 heavy (non-hydrogen) atoms. The highest BCUT2D eigenvalue weighted by Gasteiger charge is 2.18. The first-order chi connectivity index (χ1) is 9.88. The van der Waals surface area contributed by atoms with E-state index in [2.05, 4.69) is 29.3 Å². The van der Waals surface area contributed by atoms with E-state index in [4.69, 9.17) is 9.47 Å². The molecule has 0 aliphatic carbocycles. The topological polar surface area (TPSA) is 33.7 Å². The Bertz CT molecular complexity index is 456. The first kappa shape index (κ1) is 13.7. The molecule has 0 bridgehead atoms. The highest BCUT2D eigenvalue weighted by molar-refractivity contribution is 5.51. The second kappa shape index (κ2) is 6.46. The molecule has 0 radical (unpaired) electrons. The normalized spacial score (nSPS) is 19.1. The third-order valence-corrected chi connectivity index (χ3v) is 4.17. The molecular weight excluding hydrogens is 252 g/mol. The zero-order chi connectivity index (χ0) is 13.8. The Labute approximate surface area is 121 Å². The molecule has 0 unspecified atom stereocenters. The minimum Gasteiger partial charge on any atom is -0.486 e. The molecule has 0 saturated carbocycles. The Balaban J connectivity index is 1.72. The molecule has 0 aromatic heterocycles. The van der Waals surface area contributed by atoms with Crippen molar-refractivity contribution in [1.29, 1.82) is 0 Å². The molecule has 1 saturated heterocycles. The van der Waals surface area contributed by atoms with Gasteiger partial charge in [-0.1, -0.05) is 13.0 Å². The highest BCUT2D eigenvalue weighted by Crippen LogP contribution is 2.36. The van der Waals surface area contributed by atoms with E-state index in [1.165, 1.54) is 11.1 Å². The molecule has 0 spiro atoms. The predicted octanol–water partition coefficient (Wildman–Crippen LogP) is 1.47. The van der Waals surface area contributed by atoms with Crippen molar-refractivity contribution in [3.8, 4) is 11.5 Å². The van der Waals surface area contributed by atoms with Crippen LogP contribution in [0.2, 0.25) is 0 Å². The Hall–Kier alpha value is -1.26. The van der Waals surface area contributed by atoms with Gasteiger partial charge in [0.25, 0.3) is 0 Å². The summed E-state index contributed by atoms with van der Waals surface area (Å²) in [6, 6.07) is 4.29. The standard InChI is InChI=1S/C16H24N2O2/c1-2-14-13(5-8-18-9-6-17-7-10-18)3-4-15-16(14)20-12-11-19-15/h3-4,17H,2,5-12H2,1H3. The van der Waals surface area contributed by atoms with Crippen LogP contribution in [-0.4, -0.2) is 50.8 Å². The van der Waals surface area contributed by atoms with Gasteiger partial charge in [0.05, 0.1) is 0 Å². The SMILES string of the molecule is CCc1c(CCN2CCNCC2)ccc2c1OCCO2. The van der Waals surface area contributed by atoms with Gasteiger partial charge < -0.3 is 19.7 Å². The number of hydrogen-bond acceptors (Lipinski definition) is 4. The lowest BCUT2D eigenvalue weighted by atomic mass is 10.00. The summed E-state index contributed by atoms with van der Waals surface area (Å²) >= 11 is 0. The molecular formula is C16H24N2O2. The van der Waals surface area contributed by atoms with Gasteiger partial charge in [-0.3, -0.25) is 0 Å². The second-order valence-electron chi connectivity index (χ2n) is 5.42.